The van der Waals surface area contributed by atoms with E-state index in [0.29, 0.717) is 12.0 Å². The van der Waals surface area contributed by atoms with E-state index in [1.165, 1.54) is 24.8 Å². The van der Waals surface area contributed by atoms with Gasteiger partial charge in [-0.05, 0) is 36.7 Å². The largest absolute Gasteiger partial charge is 0.355 e. The molecule has 1 aliphatic rings. The maximum atomic E-state index is 10.8. The SMILES string of the molecule is CC(=O)NCCN[C@@H]1C[C@@H](C)C[C@H](c2ccccc2)C1. The Morgan fingerprint density at radius 3 is 2.60 bits per heavy atom. The monoisotopic (exact) mass is 274 g/mol. The molecule has 3 heteroatoms. The minimum Gasteiger partial charge on any atom is -0.355 e. The molecule has 1 amide bonds. The van der Waals surface area contributed by atoms with E-state index in [2.05, 4.69) is 47.9 Å². The molecule has 3 nitrogen and oxygen atoms in total. The third-order valence-corrected chi connectivity index (χ3v) is 4.15. The van der Waals surface area contributed by atoms with Gasteiger partial charge in [0, 0.05) is 26.1 Å². The van der Waals surface area contributed by atoms with Crippen molar-refractivity contribution in [1.29, 1.82) is 0 Å². The van der Waals surface area contributed by atoms with Gasteiger partial charge in [0.05, 0.1) is 0 Å². The Balaban J connectivity index is 1.83. The molecule has 0 saturated heterocycles. The normalized spacial score (nSPS) is 26.2. The predicted octanol–water partition coefficient (Wildman–Crippen LogP) is 2.68. The Bertz CT molecular complexity index is 418. The van der Waals surface area contributed by atoms with Crippen LogP contribution in [0.5, 0.6) is 0 Å². The smallest absolute Gasteiger partial charge is 0.216 e. The fourth-order valence-electron chi connectivity index (χ4n) is 3.28. The number of nitrogens with one attached hydrogen (secondary N) is 2. The van der Waals surface area contributed by atoms with Gasteiger partial charge in [0.15, 0.2) is 0 Å². The molecule has 20 heavy (non-hydrogen) atoms. The molecule has 1 aliphatic carbocycles. The summed E-state index contributed by atoms with van der Waals surface area (Å²) in [6.07, 6.45) is 3.73. The lowest BCUT2D eigenvalue weighted by atomic mass is 9.76. The summed E-state index contributed by atoms with van der Waals surface area (Å²) in [5.74, 6) is 1.47. The van der Waals surface area contributed by atoms with Crippen LogP contribution in [-0.2, 0) is 4.79 Å². The Morgan fingerprint density at radius 1 is 1.15 bits per heavy atom. The molecule has 2 rings (SSSR count). The van der Waals surface area contributed by atoms with E-state index in [1.807, 2.05) is 0 Å². The molecule has 0 unspecified atom stereocenters. The van der Waals surface area contributed by atoms with Gasteiger partial charge in [0.25, 0.3) is 0 Å². The topological polar surface area (TPSA) is 41.1 Å². The second kappa shape index (κ2) is 7.44. The van der Waals surface area contributed by atoms with Gasteiger partial charge in [0.1, 0.15) is 0 Å². The Hall–Kier alpha value is -1.35. The fraction of sp³-hybridized carbons (Fsp3) is 0.588. The van der Waals surface area contributed by atoms with Crippen molar-refractivity contribution in [2.45, 2.75) is 45.1 Å². The van der Waals surface area contributed by atoms with Gasteiger partial charge in [-0.3, -0.25) is 4.79 Å². The van der Waals surface area contributed by atoms with Gasteiger partial charge < -0.3 is 10.6 Å². The minimum atomic E-state index is 0.0472. The zero-order chi connectivity index (χ0) is 14.4. The summed E-state index contributed by atoms with van der Waals surface area (Å²) in [5.41, 5.74) is 1.47. The lowest BCUT2D eigenvalue weighted by molar-refractivity contribution is -0.118. The first kappa shape index (κ1) is 15.0. The molecule has 0 spiro atoms. The second-order valence-corrected chi connectivity index (χ2v) is 6.05. The molecule has 2 N–H and O–H groups in total. The van der Waals surface area contributed by atoms with Gasteiger partial charge in [-0.25, -0.2) is 0 Å². The van der Waals surface area contributed by atoms with Crippen molar-refractivity contribution in [2.75, 3.05) is 13.1 Å². The summed E-state index contributed by atoms with van der Waals surface area (Å²) < 4.78 is 0. The number of carbonyl (C=O) groups excluding carboxylic acids is 1. The van der Waals surface area contributed by atoms with Crippen LogP contribution in [0.15, 0.2) is 30.3 Å². The Kier molecular flexibility index (Phi) is 5.60. The third kappa shape index (κ3) is 4.64. The summed E-state index contributed by atoms with van der Waals surface area (Å²) in [6, 6.07) is 11.4. The van der Waals surface area contributed by atoms with E-state index in [4.69, 9.17) is 0 Å². The molecule has 1 fully saturated rings. The molecule has 110 valence electrons. The lowest BCUT2D eigenvalue weighted by Crippen LogP contribution is -2.40. The molecular weight excluding hydrogens is 248 g/mol. The zero-order valence-electron chi connectivity index (χ0n) is 12.6. The van der Waals surface area contributed by atoms with Crippen molar-refractivity contribution in [2.24, 2.45) is 5.92 Å². The van der Waals surface area contributed by atoms with Crippen LogP contribution in [0, 0.1) is 5.92 Å². The first-order valence-electron chi connectivity index (χ1n) is 7.68. The van der Waals surface area contributed by atoms with Crippen LogP contribution in [0.3, 0.4) is 0 Å². The van der Waals surface area contributed by atoms with Gasteiger partial charge >= 0.3 is 0 Å². The first-order valence-corrected chi connectivity index (χ1v) is 7.68. The van der Waals surface area contributed by atoms with Crippen molar-refractivity contribution in [3.05, 3.63) is 35.9 Å². The minimum absolute atomic E-state index is 0.0472. The molecular formula is C17H26N2O. The number of hydrogen-bond acceptors (Lipinski definition) is 2. The van der Waals surface area contributed by atoms with Crippen molar-refractivity contribution in [1.82, 2.24) is 10.6 Å². The molecule has 0 radical (unpaired) electrons. The van der Waals surface area contributed by atoms with Crippen molar-refractivity contribution in [3.8, 4) is 0 Å². The van der Waals surface area contributed by atoms with Gasteiger partial charge in [-0.1, -0.05) is 37.3 Å². The maximum Gasteiger partial charge on any atom is 0.216 e. The highest BCUT2D eigenvalue weighted by atomic mass is 16.1. The van der Waals surface area contributed by atoms with Crippen LogP contribution in [0.25, 0.3) is 0 Å². The summed E-state index contributed by atoms with van der Waals surface area (Å²) in [7, 11) is 0. The van der Waals surface area contributed by atoms with Crippen molar-refractivity contribution >= 4 is 5.91 Å². The highest BCUT2D eigenvalue weighted by molar-refractivity contribution is 5.72. The third-order valence-electron chi connectivity index (χ3n) is 4.15. The molecule has 0 bridgehead atoms. The number of amides is 1. The molecule has 0 aromatic heterocycles. The van der Waals surface area contributed by atoms with E-state index in [1.54, 1.807) is 6.92 Å². The standard InChI is InChI=1S/C17H26N2O/c1-13-10-16(15-6-4-3-5-7-15)12-17(11-13)19-9-8-18-14(2)20/h3-7,13,16-17,19H,8-12H2,1-2H3,(H,18,20)/t13-,16-,17+/m0/s1. The van der Waals surface area contributed by atoms with Crippen molar-refractivity contribution < 1.29 is 4.79 Å². The predicted molar refractivity (Wildman–Crippen MR) is 82.7 cm³/mol. The molecule has 1 aromatic carbocycles. The zero-order valence-corrected chi connectivity index (χ0v) is 12.6. The van der Waals surface area contributed by atoms with E-state index >= 15 is 0 Å². The maximum absolute atomic E-state index is 10.8. The molecule has 1 aromatic rings. The Labute approximate surface area is 122 Å². The quantitative estimate of drug-likeness (QED) is 0.811. The van der Waals surface area contributed by atoms with Crippen LogP contribution in [-0.4, -0.2) is 25.0 Å². The van der Waals surface area contributed by atoms with E-state index in [-0.39, 0.29) is 5.91 Å². The van der Waals surface area contributed by atoms with Gasteiger partial charge in [0.2, 0.25) is 5.91 Å². The molecule has 1 saturated carbocycles. The second-order valence-electron chi connectivity index (χ2n) is 6.05. The van der Waals surface area contributed by atoms with E-state index < -0.39 is 0 Å². The average Bonchev–Trinajstić information content (AvgIpc) is 2.44. The lowest BCUT2D eigenvalue weighted by Gasteiger charge is -2.34. The number of rotatable bonds is 5. The molecule has 3 atom stereocenters. The highest BCUT2D eigenvalue weighted by Gasteiger charge is 2.26. The van der Waals surface area contributed by atoms with Crippen LogP contribution < -0.4 is 10.6 Å². The van der Waals surface area contributed by atoms with Gasteiger partial charge in [-0.15, -0.1) is 0 Å². The van der Waals surface area contributed by atoms with E-state index in [0.717, 1.165) is 19.0 Å². The Morgan fingerprint density at radius 2 is 1.90 bits per heavy atom. The molecule has 0 aliphatic heterocycles. The first-order chi connectivity index (χ1) is 9.65. The van der Waals surface area contributed by atoms with Crippen LogP contribution >= 0.6 is 0 Å². The summed E-state index contributed by atoms with van der Waals surface area (Å²) in [4.78, 5) is 10.8. The average molecular weight is 274 g/mol. The number of carbonyl (C=O) groups is 1. The summed E-state index contributed by atoms with van der Waals surface area (Å²) in [5, 5.41) is 6.43. The van der Waals surface area contributed by atoms with Crippen LogP contribution in [0.4, 0.5) is 0 Å². The highest BCUT2D eigenvalue weighted by Crippen LogP contribution is 2.35. The number of benzene rings is 1. The summed E-state index contributed by atoms with van der Waals surface area (Å²) >= 11 is 0. The number of hydrogen-bond donors (Lipinski definition) is 2. The van der Waals surface area contributed by atoms with Crippen LogP contribution in [0.2, 0.25) is 0 Å². The summed E-state index contributed by atoms with van der Waals surface area (Å²) in [6.45, 7) is 5.49. The van der Waals surface area contributed by atoms with Gasteiger partial charge in [-0.2, -0.15) is 0 Å². The van der Waals surface area contributed by atoms with Crippen LogP contribution in [0.1, 0.15) is 44.6 Å². The van der Waals surface area contributed by atoms with Crippen molar-refractivity contribution in [3.63, 3.8) is 0 Å². The fourth-order valence-corrected chi connectivity index (χ4v) is 3.28. The molecule has 0 heterocycles. The van der Waals surface area contributed by atoms with E-state index in [9.17, 15) is 4.79 Å².